The van der Waals surface area contributed by atoms with E-state index in [1.54, 1.807) is 4.90 Å². The van der Waals surface area contributed by atoms with Crippen LogP contribution in [0, 0.1) is 5.92 Å². The zero-order valence-corrected chi connectivity index (χ0v) is 13.1. The van der Waals surface area contributed by atoms with Gasteiger partial charge < -0.3 is 15.3 Å². The summed E-state index contributed by atoms with van der Waals surface area (Å²) in [5.41, 5.74) is 0. The molecule has 1 saturated carbocycles. The van der Waals surface area contributed by atoms with Gasteiger partial charge in [-0.15, -0.1) is 0 Å². The highest BCUT2D eigenvalue weighted by Crippen LogP contribution is 2.40. The van der Waals surface area contributed by atoms with Crippen molar-refractivity contribution >= 4 is 23.6 Å². The number of carboxylic acids is 1. The van der Waals surface area contributed by atoms with Gasteiger partial charge in [-0.2, -0.15) is 11.8 Å². The summed E-state index contributed by atoms with van der Waals surface area (Å²) in [5, 5.41) is 12.8. The van der Waals surface area contributed by atoms with E-state index in [1.165, 1.54) is 6.42 Å². The summed E-state index contributed by atoms with van der Waals surface area (Å²) in [7, 11) is 0. The normalized spacial score (nSPS) is 36.3. The molecule has 0 radical (unpaired) electrons. The molecule has 0 aromatic carbocycles. The summed E-state index contributed by atoms with van der Waals surface area (Å²) in [6.07, 6.45) is 5.45. The number of likely N-dealkylation sites (tertiary alicyclic amines) is 1. The van der Waals surface area contributed by atoms with Crippen molar-refractivity contribution in [3.63, 3.8) is 0 Å². The van der Waals surface area contributed by atoms with E-state index < -0.39 is 12.0 Å². The van der Waals surface area contributed by atoms with Crippen LogP contribution in [0.25, 0.3) is 0 Å². The second-order valence-electron chi connectivity index (χ2n) is 6.43. The van der Waals surface area contributed by atoms with Crippen molar-refractivity contribution in [3.8, 4) is 0 Å². The molecule has 2 saturated heterocycles. The molecule has 2 N–H and O–H groups in total. The van der Waals surface area contributed by atoms with Crippen molar-refractivity contribution in [2.75, 3.05) is 18.1 Å². The lowest BCUT2D eigenvalue weighted by Crippen LogP contribution is -2.49. The first-order chi connectivity index (χ1) is 10.2. The van der Waals surface area contributed by atoms with E-state index in [-0.39, 0.29) is 18.0 Å². The molecule has 3 aliphatic rings. The van der Waals surface area contributed by atoms with E-state index in [0.29, 0.717) is 18.8 Å². The van der Waals surface area contributed by atoms with Crippen LogP contribution in [0.1, 0.15) is 38.5 Å². The minimum atomic E-state index is -0.830. The van der Waals surface area contributed by atoms with E-state index in [1.807, 2.05) is 11.8 Å². The molecule has 0 spiro atoms. The van der Waals surface area contributed by atoms with Crippen LogP contribution in [0.15, 0.2) is 0 Å². The molecule has 0 aromatic rings. The smallest absolute Gasteiger partial charge is 0.326 e. The maximum atomic E-state index is 12.7. The molecule has 1 aliphatic carbocycles. The van der Waals surface area contributed by atoms with Crippen molar-refractivity contribution in [2.24, 2.45) is 5.92 Å². The molecule has 4 atom stereocenters. The molecule has 21 heavy (non-hydrogen) atoms. The Morgan fingerprint density at radius 2 is 2.10 bits per heavy atom. The zero-order valence-electron chi connectivity index (χ0n) is 12.3. The van der Waals surface area contributed by atoms with Gasteiger partial charge in [0.05, 0.1) is 0 Å². The van der Waals surface area contributed by atoms with E-state index in [4.69, 9.17) is 0 Å². The monoisotopic (exact) mass is 312 g/mol. The molecular weight excluding hydrogens is 288 g/mol. The number of amides is 1. The van der Waals surface area contributed by atoms with Crippen LogP contribution in [0.4, 0.5) is 0 Å². The molecule has 2 aliphatic heterocycles. The third kappa shape index (κ3) is 3.21. The van der Waals surface area contributed by atoms with Crippen molar-refractivity contribution < 1.29 is 14.7 Å². The average Bonchev–Trinajstić information content (AvgIpc) is 2.88. The molecular formula is C15H24N2O3S. The Labute approximate surface area is 129 Å². The number of hydrogen-bond donors (Lipinski definition) is 2. The summed E-state index contributed by atoms with van der Waals surface area (Å²) in [5.74, 6) is 1.65. The number of rotatable bonds is 3. The lowest BCUT2D eigenvalue weighted by atomic mass is 9.84. The van der Waals surface area contributed by atoms with Gasteiger partial charge in [-0.05, 0) is 25.2 Å². The van der Waals surface area contributed by atoms with Gasteiger partial charge in [0.1, 0.15) is 6.04 Å². The second kappa shape index (κ2) is 6.57. The largest absolute Gasteiger partial charge is 0.480 e. The fraction of sp³-hybridized carbons (Fsp3) is 0.867. The molecule has 3 rings (SSSR count). The highest BCUT2D eigenvalue weighted by atomic mass is 32.2. The van der Waals surface area contributed by atoms with Crippen molar-refractivity contribution in [3.05, 3.63) is 0 Å². The Morgan fingerprint density at radius 1 is 1.29 bits per heavy atom. The molecule has 6 heteroatoms. The van der Waals surface area contributed by atoms with Crippen LogP contribution in [0.2, 0.25) is 0 Å². The summed E-state index contributed by atoms with van der Waals surface area (Å²) >= 11 is 1.87. The molecule has 2 heterocycles. The molecule has 0 bridgehead atoms. The van der Waals surface area contributed by atoms with Crippen LogP contribution >= 0.6 is 11.8 Å². The zero-order chi connectivity index (χ0) is 14.8. The maximum absolute atomic E-state index is 12.7. The Kier molecular flexibility index (Phi) is 4.74. The quantitative estimate of drug-likeness (QED) is 0.823. The molecule has 0 aromatic heterocycles. The third-order valence-electron chi connectivity index (χ3n) is 5.08. The molecule has 118 valence electrons. The summed E-state index contributed by atoms with van der Waals surface area (Å²) in [6.45, 7) is 0.941. The number of carboxylic acid groups (broad SMARTS) is 1. The minimum absolute atomic E-state index is 0.0387. The summed E-state index contributed by atoms with van der Waals surface area (Å²) in [4.78, 5) is 26.0. The fourth-order valence-corrected chi connectivity index (χ4v) is 5.06. The Bertz CT molecular complexity index is 412. The molecule has 4 unspecified atom stereocenters. The van der Waals surface area contributed by atoms with Gasteiger partial charge in [0, 0.05) is 36.6 Å². The Hall–Kier alpha value is -0.750. The van der Waals surface area contributed by atoms with Gasteiger partial charge in [0.2, 0.25) is 5.91 Å². The van der Waals surface area contributed by atoms with Gasteiger partial charge in [-0.1, -0.05) is 12.8 Å². The first-order valence-corrected chi connectivity index (χ1v) is 9.17. The van der Waals surface area contributed by atoms with Crippen LogP contribution < -0.4 is 5.32 Å². The highest BCUT2D eigenvalue weighted by Gasteiger charge is 2.47. The van der Waals surface area contributed by atoms with E-state index in [9.17, 15) is 14.7 Å². The van der Waals surface area contributed by atoms with Crippen LogP contribution in [0.3, 0.4) is 0 Å². The van der Waals surface area contributed by atoms with Gasteiger partial charge in [-0.25, -0.2) is 4.79 Å². The number of hydrogen-bond acceptors (Lipinski definition) is 4. The maximum Gasteiger partial charge on any atom is 0.326 e. The highest BCUT2D eigenvalue weighted by molar-refractivity contribution is 7.99. The number of carbonyl (C=O) groups excluding carboxylic acids is 1. The topological polar surface area (TPSA) is 69.6 Å². The summed E-state index contributed by atoms with van der Waals surface area (Å²) in [6, 6.07) is -0.223. The lowest BCUT2D eigenvalue weighted by molar-refractivity contribution is -0.150. The number of aliphatic carboxylic acids is 1. The standard InChI is InChI=1S/C15H24N2O3S/c18-14(8-11-9-21-6-5-16-11)17-12-4-2-1-3-10(12)7-13(17)15(19)20/h10-13,16H,1-9H2,(H,19,20). The van der Waals surface area contributed by atoms with E-state index in [2.05, 4.69) is 5.32 Å². The molecule has 3 fully saturated rings. The van der Waals surface area contributed by atoms with Crippen molar-refractivity contribution in [1.29, 1.82) is 0 Å². The first kappa shape index (κ1) is 15.2. The van der Waals surface area contributed by atoms with Crippen molar-refractivity contribution in [2.45, 2.75) is 56.7 Å². The first-order valence-electron chi connectivity index (χ1n) is 8.02. The number of thioether (sulfide) groups is 1. The van der Waals surface area contributed by atoms with Crippen LogP contribution in [0.5, 0.6) is 0 Å². The third-order valence-corrected chi connectivity index (χ3v) is 6.21. The van der Waals surface area contributed by atoms with E-state index >= 15 is 0 Å². The van der Waals surface area contributed by atoms with Gasteiger partial charge in [-0.3, -0.25) is 4.79 Å². The van der Waals surface area contributed by atoms with Gasteiger partial charge in [0.15, 0.2) is 0 Å². The van der Waals surface area contributed by atoms with Crippen LogP contribution in [-0.2, 0) is 9.59 Å². The number of carbonyl (C=O) groups is 2. The fourth-order valence-electron chi connectivity index (χ4n) is 4.11. The number of nitrogens with zero attached hydrogens (tertiary/aromatic N) is 1. The average molecular weight is 312 g/mol. The Balaban J connectivity index is 1.69. The van der Waals surface area contributed by atoms with Gasteiger partial charge in [0.25, 0.3) is 0 Å². The SMILES string of the molecule is O=C(O)C1CC2CCCCC2N1C(=O)CC1CSCCN1. The second-order valence-corrected chi connectivity index (χ2v) is 7.58. The lowest BCUT2D eigenvalue weighted by Gasteiger charge is -2.34. The molecule has 1 amide bonds. The Morgan fingerprint density at radius 3 is 2.81 bits per heavy atom. The van der Waals surface area contributed by atoms with Crippen molar-refractivity contribution in [1.82, 2.24) is 10.2 Å². The summed E-state index contributed by atoms with van der Waals surface area (Å²) < 4.78 is 0. The van der Waals surface area contributed by atoms with E-state index in [0.717, 1.165) is 37.3 Å². The predicted octanol–water partition coefficient (Wildman–Crippen LogP) is 1.33. The number of nitrogens with one attached hydrogen (secondary N) is 1. The van der Waals surface area contributed by atoms with Gasteiger partial charge >= 0.3 is 5.97 Å². The number of fused-ring (bicyclic) bond motifs is 1. The van der Waals surface area contributed by atoms with Crippen LogP contribution in [-0.4, -0.2) is 58.1 Å². The minimum Gasteiger partial charge on any atom is -0.480 e. The predicted molar refractivity (Wildman–Crippen MR) is 82.4 cm³/mol. The molecule has 5 nitrogen and oxygen atoms in total.